The third-order valence-corrected chi connectivity index (χ3v) is 8.03. The van der Waals surface area contributed by atoms with Gasteiger partial charge in [0.15, 0.2) is 0 Å². The molecule has 0 unspecified atom stereocenters. The number of aliphatic hydroxyl groups excluding tert-OH is 1. The van der Waals surface area contributed by atoms with Crippen LogP contribution in [0.5, 0.6) is 11.5 Å². The molecule has 8 nitrogen and oxygen atoms in total. The van der Waals surface area contributed by atoms with Crippen molar-refractivity contribution in [1.29, 1.82) is 0 Å². The standard InChI is InChI=1S/C25H24BrClN2O6S/c1-25(2)23(30)22(29-36(32,33)21-13-16(27)7-11-20(21)34-3)18-12-14(4-10-19(18)35-25)24(31)28-17-8-5-15(26)6-9-17/h4-13,22-23,29-30H,1-3H3,(H,28,31)/t22-,23+/m1/s1. The number of hydrogen-bond acceptors (Lipinski definition) is 6. The van der Waals surface area contributed by atoms with Crippen LogP contribution in [0.2, 0.25) is 5.02 Å². The summed E-state index contributed by atoms with van der Waals surface area (Å²) in [4.78, 5) is 12.8. The van der Waals surface area contributed by atoms with Gasteiger partial charge >= 0.3 is 0 Å². The van der Waals surface area contributed by atoms with Gasteiger partial charge in [0.05, 0.1) is 13.2 Å². The zero-order valence-corrected chi connectivity index (χ0v) is 22.7. The smallest absolute Gasteiger partial charge is 0.255 e. The highest BCUT2D eigenvalue weighted by molar-refractivity contribution is 9.10. The van der Waals surface area contributed by atoms with E-state index in [2.05, 4.69) is 26.0 Å². The SMILES string of the molecule is COc1ccc(Cl)cc1S(=O)(=O)N[C@@H]1c2cc(C(=O)Nc3ccc(Br)cc3)ccc2OC(C)(C)[C@H]1O. The first-order valence-corrected chi connectivity index (χ1v) is 13.5. The minimum Gasteiger partial charge on any atom is -0.495 e. The molecular weight excluding hydrogens is 572 g/mol. The Morgan fingerprint density at radius 3 is 2.47 bits per heavy atom. The molecule has 3 aromatic carbocycles. The Bertz CT molecular complexity index is 1410. The van der Waals surface area contributed by atoms with Crippen LogP contribution in [0, 0.1) is 0 Å². The van der Waals surface area contributed by atoms with Gasteiger partial charge in [-0.1, -0.05) is 27.5 Å². The van der Waals surface area contributed by atoms with Crippen molar-refractivity contribution in [3.05, 3.63) is 81.3 Å². The van der Waals surface area contributed by atoms with E-state index in [0.717, 1.165) is 4.47 Å². The number of sulfonamides is 1. The largest absolute Gasteiger partial charge is 0.495 e. The van der Waals surface area contributed by atoms with Gasteiger partial charge in [-0.3, -0.25) is 4.79 Å². The van der Waals surface area contributed by atoms with Crippen LogP contribution >= 0.6 is 27.5 Å². The summed E-state index contributed by atoms with van der Waals surface area (Å²) in [6, 6.07) is 14.8. The molecule has 0 radical (unpaired) electrons. The Morgan fingerprint density at radius 1 is 1.11 bits per heavy atom. The van der Waals surface area contributed by atoms with Gasteiger partial charge in [-0.25, -0.2) is 13.1 Å². The number of hydrogen-bond donors (Lipinski definition) is 3. The lowest BCUT2D eigenvalue weighted by Gasteiger charge is -2.42. The van der Waals surface area contributed by atoms with E-state index >= 15 is 0 Å². The second kappa shape index (κ2) is 10.0. The minimum absolute atomic E-state index is 0.0931. The number of fused-ring (bicyclic) bond motifs is 1. The van der Waals surface area contributed by atoms with Gasteiger partial charge in [0, 0.05) is 26.3 Å². The zero-order chi connectivity index (χ0) is 26.3. The maximum Gasteiger partial charge on any atom is 0.255 e. The van der Waals surface area contributed by atoms with Crippen LogP contribution in [0.25, 0.3) is 0 Å². The molecule has 1 heterocycles. The normalized spacial score (nSPS) is 18.6. The van der Waals surface area contributed by atoms with Crippen molar-refractivity contribution in [3.63, 3.8) is 0 Å². The van der Waals surface area contributed by atoms with Crippen LogP contribution in [0.15, 0.2) is 70.0 Å². The second-order valence-corrected chi connectivity index (χ2v) is 11.8. The molecule has 2 atom stereocenters. The molecule has 3 aromatic rings. The predicted molar refractivity (Wildman–Crippen MR) is 140 cm³/mol. The molecule has 0 spiro atoms. The molecule has 0 saturated carbocycles. The molecule has 0 aliphatic carbocycles. The summed E-state index contributed by atoms with van der Waals surface area (Å²) in [7, 11) is -2.87. The fourth-order valence-corrected chi connectivity index (χ4v) is 5.81. The number of amides is 1. The molecule has 3 N–H and O–H groups in total. The summed E-state index contributed by atoms with van der Waals surface area (Å²) in [5.41, 5.74) is 0.0370. The lowest BCUT2D eigenvalue weighted by atomic mass is 9.86. The molecule has 1 aliphatic heterocycles. The van der Waals surface area contributed by atoms with Crippen molar-refractivity contribution in [2.24, 2.45) is 0 Å². The number of carbonyl (C=O) groups excluding carboxylic acids is 1. The first-order chi connectivity index (χ1) is 16.9. The average molecular weight is 596 g/mol. The Hall–Kier alpha value is -2.63. The number of ether oxygens (including phenoxy) is 2. The molecular formula is C25H24BrClN2O6S. The highest BCUT2D eigenvalue weighted by Gasteiger charge is 2.45. The van der Waals surface area contributed by atoms with E-state index in [-0.39, 0.29) is 21.2 Å². The lowest BCUT2D eigenvalue weighted by Crippen LogP contribution is -2.53. The van der Waals surface area contributed by atoms with Crippen molar-refractivity contribution >= 4 is 49.1 Å². The van der Waals surface area contributed by atoms with E-state index < -0.39 is 33.7 Å². The quantitative estimate of drug-likeness (QED) is 0.373. The fraction of sp³-hybridized carbons (Fsp3) is 0.240. The monoisotopic (exact) mass is 594 g/mol. The summed E-state index contributed by atoms with van der Waals surface area (Å²) >= 11 is 9.40. The van der Waals surface area contributed by atoms with Gasteiger partial charge in [-0.05, 0) is 74.5 Å². The number of halogens is 2. The van der Waals surface area contributed by atoms with Crippen LogP contribution in [0.1, 0.15) is 35.8 Å². The summed E-state index contributed by atoms with van der Waals surface area (Å²) < 4.78 is 41.4. The van der Waals surface area contributed by atoms with Gasteiger partial charge in [0.25, 0.3) is 5.91 Å². The fourth-order valence-electron chi connectivity index (χ4n) is 3.90. The predicted octanol–water partition coefficient (Wildman–Crippen LogP) is 4.91. The number of rotatable bonds is 6. The third kappa shape index (κ3) is 5.37. The number of methoxy groups -OCH3 is 1. The summed E-state index contributed by atoms with van der Waals surface area (Å²) in [6.07, 6.45) is -1.28. The van der Waals surface area contributed by atoms with Crippen LogP contribution < -0.4 is 19.5 Å². The number of benzene rings is 3. The molecule has 36 heavy (non-hydrogen) atoms. The van der Waals surface area contributed by atoms with Crippen molar-refractivity contribution in [2.45, 2.75) is 36.5 Å². The summed E-state index contributed by atoms with van der Waals surface area (Å²) in [5, 5.41) is 14.1. The number of aliphatic hydroxyl groups is 1. The van der Waals surface area contributed by atoms with Crippen molar-refractivity contribution in [2.75, 3.05) is 12.4 Å². The third-order valence-electron chi connectivity index (χ3n) is 5.81. The highest BCUT2D eigenvalue weighted by atomic mass is 79.9. The average Bonchev–Trinajstić information content (AvgIpc) is 2.83. The maximum atomic E-state index is 13.4. The number of carbonyl (C=O) groups is 1. The molecule has 11 heteroatoms. The van der Waals surface area contributed by atoms with Gasteiger partial charge in [0.1, 0.15) is 28.1 Å². The van der Waals surface area contributed by atoms with Gasteiger partial charge in [-0.2, -0.15) is 0 Å². The molecule has 4 rings (SSSR count). The molecule has 190 valence electrons. The van der Waals surface area contributed by atoms with Crippen LogP contribution in [-0.2, 0) is 10.0 Å². The van der Waals surface area contributed by atoms with Crippen LogP contribution in [0.4, 0.5) is 5.69 Å². The molecule has 0 saturated heterocycles. The molecule has 1 amide bonds. The molecule has 1 aliphatic rings. The van der Waals surface area contributed by atoms with Crippen molar-refractivity contribution < 1.29 is 27.8 Å². The van der Waals surface area contributed by atoms with E-state index in [1.54, 1.807) is 50.2 Å². The second-order valence-electron chi connectivity index (χ2n) is 8.76. The van der Waals surface area contributed by atoms with E-state index in [1.807, 2.05) is 0 Å². The minimum atomic E-state index is -4.22. The molecule has 0 aromatic heterocycles. The topological polar surface area (TPSA) is 114 Å². The Balaban J connectivity index is 1.72. The highest BCUT2D eigenvalue weighted by Crippen LogP contribution is 2.41. The lowest BCUT2D eigenvalue weighted by molar-refractivity contribution is -0.0603. The van der Waals surface area contributed by atoms with Crippen molar-refractivity contribution in [3.8, 4) is 11.5 Å². The zero-order valence-electron chi connectivity index (χ0n) is 19.6. The molecule has 0 bridgehead atoms. The summed E-state index contributed by atoms with van der Waals surface area (Å²) in [5.74, 6) is 0.0318. The van der Waals surface area contributed by atoms with Crippen LogP contribution in [0.3, 0.4) is 0 Å². The molecule has 0 fully saturated rings. The van der Waals surface area contributed by atoms with E-state index in [9.17, 15) is 18.3 Å². The first-order valence-electron chi connectivity index (χ1n) is 10.8. The van der Waals surface area contributed by atoms with E-state index in [1.165, 1.54) is 31.4 Å². The van der Waals surface area contributed by atoms with Crippen molar-refractivity contribution in [1.82, 2.24) is 4.72 Å². The first kappa shape index (κ1) is 26.4. The van der Waals surface area contributed by atoms with E-state index in [4.69, 9.17) is 21.1 Å². The van der Waals surface area contributed by atoms with Gasteiger partial charge < -0.3 is 19.9 Å². The number of anilines is 1. The van der Waals surface area contributed by atoms with Gasteiger partial charge in [-0.15, -0.1) is 0 Å². The van der Waals surface area contributed by atoms with E-state index in [0.29, 0.717) is 17.0 Å². The Kier molecular flexibility index (Phi) is 7.36. The van der Waals surface area contributed by atoms with Crippen LogP contribution in [-0.4, -0.2) is 38.2 Å². The maximum absolute atomic E-state index is 13.4. The Labute approximate surface area is 222 Å². The van der Waals surface area contributed by atoms with Gasteiger partial charge in [0.2, 0.25) is 10.0 Å². The summed E-state index contributed by atoms with van der Waals surface area (Å²) in [6.45, 7) is 3.30. The number of nitrogens with one attached hydrogen (secondary N) is 2. The Morgan fingerprint density at radius 2 is 1.81 bits per heavy atom.